The molecule has 0 aliphatic rings. The SMILES string of the molecule is CC(O)c1ccc(N(C)S(=O)(=O)c2cccc(C(=O)Nc3ccc(Cl)cc3)c2)cc1. The Bertz CT molecular complexity index is 1140. The maximum Gasteiger partial charge on any atom is 0.264 e. The van der Waals surface area contributed by atoms with E-state index in [9.17, 15) is 18.3 Å². The molecule has 156 valence electrons. The Labute approximate surface area is 180 Å². The molecule has 8 heteroatoms. The average Bonchev–Trinajstić information content (AvgIpc) is 2.75. The quantitative estimate of drug-likeness (QED) is 0.587. The molecule has 0 fully saturated rings. The molecule has 0 radical (unpaired) electrons. The standard InChI is InChI=1S/C22H21ClN2O4S/c1-15(26)16-6-12-20(13-7-16)25(2)30(28,29)21-5-3-4-17(14-21)22(27)24-19-10-8-18(23)9-11-19/h3-15,26H,1-2H3,(H,24,27). The van der Waals surface area contributed by atoms with Gasteiger partial charge in [-0.25, -0.2) is 8.42 Å². The first-order chi connectivity index (χ1) is 14.2. The van der Waals surface area contributed by atoms with Crippen molar-refractivity contribution < 1.29 is 18.3 Å². The highest BCUT2D eigenvalue weighted by atomic mass is 35.5. The third-order valence-electron chi connectivity index (χ3n) is 4.60. The molecule has 0 saturated carbocycles. The van der Waals surface area contributed by atoms with Gasteiger partial charge in [0.15, 0.2) is 0 Å². The summed E-state index contributed by atoms with van der Waals surface area (Å²) < 4.78 is 27.2. The second kappa shape index (κ2) is 8.87. The number of rotatable bonds is 6. The van der Waals surface area contributed by atoms with Gasteiger partial charge in [-0.2, -0.15) is 0 Å². The number of anilines is 2. The molecule has 30 heavy (non-hydrogen) atoms. The van der Waals surface area contributed by atoms with Gasteiger partial charge in [0, 0.05) is 23.3 Å². The zero-order valence-electron chi connectivity index (χ0n) is 16.4. The first-order valence-electron chi connectivity index (χ1n) is 9.12. The van der Waals surface area contributed by atoms with E-state index in [1.807, 2.05) is 0 Å². The molecule has 0 spiro atoms. The van der Waals surface area contributed by atoms with Crippen molar-refractivity contribution in [3.8, 4) is 0 Å². The molecule has 0 heterocycles. The summed E-state index contributed by atoms with van der Waals surface area (Å²) in [5.74, 6) is -0.432. The van der Waals surface area contributed by atoms with Gasteiger partial charge in [0.2, 0.25) is 0 Å². The molecule has 3 rings (SSSR count). The summed E-state index contributed by atoms with van der Waals surface area (Å²) in [5.41, 5.74) is 1.89. The van der Waals surface area contributed by atoms with Crippen LogP contribution >= 0.6 is 11.6 Å². The highest BCUT2D eigenvalue weighted by Crippen LogP contribution is 2.25. The van der Waals surface area contributed by atoms with Crippen LogP contribution in [0.15, 0.2) is 77.7 Å². The van der Waals surface area contributed by atoms with Gasteiger partial charge in [-0.05, 0) is 67.1 Å². The summed E-state index contributed by atoms with van der Waals surface area (Å²) >= 11 is 5.84. The molecule has 1 amide bonds. The van der Waals surface area contributed by atoms with Crippen LogP contribution < -0.4 is 9.62 Å². The Balaban J connectivity index is 1.84. The van der Waals surface area contributed by atoms with Gasteiger partial charge in [0.1, 0.15) is 0 Å². The lowest BCUT2D eigenvalue weighted by molar-refractivity contribution is 0.102. The minimum atomic E-state index is -3.89. The number of aliphatic hydroxyl groups is 1. The molecule has 0 aliphatic carbocycles. The Morgan fingerprint density at radius 1 is 1.03 bits per heavy atom. The van der Waals surface area contributed by atoms with Gasteiger partial charge >= 0.3 is 0 Å². The lowest BCUT2D eigenvalue weighted by Crippen LogP contribution is -2.27. The van der Waals surface area contributed by atoms with Crippen molar-refractivity contribution in [2.45, 2.75) is 17.9 Å². The predicted octanol–water partition coefficient (Wildman–Crippen LogP) is 4.47. The number of sulfonamides is 1. The van der Waals surface area contributed by atoms with Crippen molar-refractivity contribution >= 4 is 38.9 Å². The molecular formula is C22H21ClN2O4S. The van der Waals surface area contributed by atoms with Crippen molar-refractivity contribution in [3.05, 3.63) is 88.9 Å². The number of carbonyl (C=O) groups is 1. The molecule has 3 aromatic rings. The molecule has 1 atom stereocenters. The highest BCUT2D eigenvalue weighted by Gasteiger charge is 2.22. The van der Waals surface area contributed by atoms with E-state index in [0.717, 1.165) is 4.31 Å². The van der Waals surface area contributed by atoms with Gasteiger partial charge in [-0.15, -0.1) is 0 Å². The van der Waals surface area contributed by atoms with E-state index >= 15 is 0 Å². The number of halogens is 1. The van der Waals surface area contributed by atoms with Gasteiger partial charge < -0.3 is 10.4 Å². The second-order valence-corrected chi connectivity index (χ2v) is 9.13. The minimum absolute atomic E-state index is 0.00615. The van der Waals surface area contributed by atoms with Crippen LogP contribution in [0.3, 0.4) is 0 Å². The fraction of sp³-hybridized carbons (Fsp3) is 0.136. The molecule has 2 N–H and O–H groups in total. The first kappa shape index (κ1) is 21.8. The Kier molecular flexibility index (Phi) is 6.45. The lowest BCUT2D eigenvalue weighted by Gasteiger charge is -2.20. The Morgan fingerprint density at radius 2 is 1.67 bits per heavy atom. The monoisotopic (exact) mass is 444 g/mol. The van der Waals surface area contributed by atoms with Gasteiger partial charge in [0.25, 0.3) is 15.9 Å². The molecule has 0 bridgehead atoms. The number of nitrogens with zero attached hydrogens (tertiary/aromatic N) is 1. The van der Waals surface area contributed by atoms with Crippen LogP contribution in [0.1, 0.15) is 28.9 Å². The normalized spacial score (nSPS) is 12.3. The van der Waals surface area contributed by atoms with Crippen molar-refractivity contribution in [2.75, 3.05) is 16.7 Å². The van der Waals surface area contributed by atoms with E-state index in [2.05, 4.69) is 5.32 Å². The molecule has 1 unspecified atom stereocenters. The minimum Gasteiger partial charge on any atom is -0.389 e. The van der Waals surface area contributed by atoms with Gasteiger partial charge in [-0.3, -0.25) is 9.10 Å². The van der Waals surface area contributed by atoms with E-state index < -0.39 is 22.0 Å². The van der Waals surface area contributed by atoms with E-state index in [-0.39, 0.29) is 10.5 Å². The molecule has 0 aromatic heterocycles. The van der Waals surface area contributed by atoms with Crippen molar-refractivity contribution in [1.82, 2.24) is 0 Å². The first-order valence-corrected chi connectivity index (χ1v) is 10.9. The fourth-order valence-corrected chi connectivity index (χ4v) is 4.16. The Hall–Kier alpha value is -2.87. The van der Waals surface area contributed by atoms with Crippen molar-refractivity contribution in [1.29, 1.82) is 0 Å². The van der Waals surface area contributed by atoms with E-state index in [1.165, 1.54) is 25.2 Å². The summed E-state index contributed by atoms with van der Waals surface area (Å²) in [5, 5.41) is 12.9. The Morgan fingerprint density at radius 3 is 2.27 bits per heavy atom. The van der Waals surface area contributed by atoms with Crippen LogP contribution in [0.4, 0.5) is 11.4 Å². The molecular weight excluding hydrogens is 424 g/mol. The van der Waals surface area contributed by atoms with Crippen molar-refractivity contribution in [3.63, 3.8) is 0 Å². The topological polar surface area (TPSA) is 86.7 Å². The number of benzene rings is 3. The third-order valence-corrected chi connectivity index (χ3v) is 6.63. The maximum atomic E-state index is 13.1. The third kappa shape index (κ3) is 4.81. The summed E-state index contributed by atoms with van der Waals surface area (Å²) in [7, 11) is -2.45. The maximum absolute atomic E-state index is 13.1. The lowest BCUT2D eigenvalue weighted by atomic mass is 10.1. The van der Waals surface area contributed by atoms with E-state index in [0.29, 0.717) is 22.0 Å². The highest BCUT2D eigenvalue weighted by molar-refractivity contribution is 7.92. The molecule has 0 saturated heterocycles. The number of carbonyl (C=O) groups excluding carboxylic acids is 1. The fourth-order valence-electron chi connectivity index (χ4n) is 2.79. The van der Waals surface area contributed by atoms with Crippen LogP contribution in [0.5, 0.6) is 0 Å². The number of hydrogen-bond donors (Lipinski definition) is 2. The zero-order valence-corrected chi connectivity index (χ0v) is 18.0. The van der Waals surface area contributed by atoms with Crippen LogP contribution in [0.2, 0.25) is 5.02 Å². The second-order valence-electron chi connectivity index (χ2n) is 6.73. The molecule has 6 nitrogen and oxygen atoms in total. The summed E-state index contributed by atoms with van der Waals surface area (Å²) in [4.78, 5) is 12.5. The predicted molar refractivity (Wildman–Crippen MR) is 119 cm³/mol. The van der Waals surface area contributed by atoms with Crippen LogP contribution in [0.25, 0.3) is 0 Å². The zero-order chi connectivity index (χ0) is 21.9. The van der Waals surface area contributed by atoms with Gasteiger partial charge in [-0.1, -0.05) is 29.8 Å². The molecule has 3 aromatic carbocycles. The average molecular weight is 445 g/mol. The summed E-state index contributed by atoms with van der Waals surface area (Å²) in [6, 6.07) is 19.0. The van der Waals surface area contributed by atoms with Crippen LogP contribution in [0, 0.1) is 0 Å². The number of hydrogen-bond acceptors (Lipinski definition) is 4. The van der Waals surface area contributed by atoms with Gasteiger partial charge in [0.05, 0.1) is 16.7 Å². The van der Waals surface area contributed by atoms with Crippen molar-refractivity contribution in [2.24, 2.45) is 0 Å². The van der Waals surface area contributed by atoms with E-state index in [4.69, 9.17) is 11.6 Å². The number of nitrogens with one attached hydrogen (secondary N) is 1. The largest absolute Gasteiger partial charge is 0.389 e. The summed E-state index contributed by atoms with van der Waals surface area (Å²) in [6.45, 7) is 1.63. The molecule has 0 aliphatic heterocycles. The van der Waals surface area contributed by atoms with Crippen LogP contribution in [-0.4, -0.2) is 26.5 Å². The summed E-state index contributed by atoms with van der Waals surface area (Å²) in [6.07, 6.45) is -0.642. The number of aliphatic hydroxyl groups excluding tert-OH is 1. The number of amides is 1. The smallest absolute Gasteiger partial charge is 0.264 e. The van der Waals surface area contributed by atoms with Crippen LogP contribution in [-0.2, 0) is 10.0 Å². The van der Waals surface area contributed by atoms with E-state index in [1.54, 1.807) is 61.5 Å².